The lowest BCUT2D eigenvalue weighted by molar-refractivity contribution is 0.234. The van der Waals surface area contributed by atoms with Crippen molar-refractivity contribution in [1.82, 2.24) is 9.80 Å². The summed E-state index contributed by atoms with van der Waals surface area (Å²) < 4.78 is 0. The van der Waals surface area contributed by atoms with E-state index in [-0.39, 0.29) is 0 Å². The summed E-state index contributed by atoms with van der Waals surface area (Å²) in [7, 11) is 2.30. The average Bonchev–Trinajstić information content (AvgIpc) is 2.69. The first-order chi connectivity index (χ1) is 8.21. The molecule has 2 atom stereocenters. The fourth-order valence-corrected chi connectivity index (χ4v) is 2.99. The van der Waals surface area contributed by atoms with Crippen LogP contribution in [0.1, 0.15) is 33.6 Å². The molecule has 1 heterocycles. The average molecular weight is 238 g/mol. The van der Waals surface area contributed by atoms with Crippen LogP contribution in [0.4, 0.5) is 0 Å². The zero-order valence-electron chi connectivity index (χ0n) is 12.4. The summed E-state index contributed by atoms with van der Waals surface area (Å²) in [5, 5.41) is 0. The van der Waals surface area contributed by atoms with Gasteiger partial charge in [-0.05, 0) is 31.3 Å². The molecule has 0 amide bonds. The quantitative estimate of drug-likeness (QED) is 0.594. The third kappa shape index (κ3) is 5.01. The Kier molecular flexibility index (Phi) is 7.21. The van der Waals surface area contributed by atoms with Crippen molar-refractivity contribution in [3.63, 3.8) is 0 Å². The van der Waals surface area contributed by atoms with Crippen LogP contribution in [-0.2, 0) is 0 Å². The molecule has 0 saturated carbocycles. The summed E-state index contributed by atoms with van der Waals surface area (Å²) >= 11 is 0. The van der Waals surface area contributed by atoms with Gasteiger partial charge in [-0.2, -0.15) is 0 Å². The molecule has 1 saturated heterocycles. The second kappa shape index (κ2) is 8.15. The molecule has 1 aliphatic heterocycles. The maximum absolute atomic E-state index is 2.68. The van der Waals surface area contributed by atoms with E-state index in [1.165, 1.54) is 58.4 Å². The van der Waals surface area contributed by atoms with Crippen LogP contribution in [0.5, 0.6) is 0 Å². The van der Waals surface area contributed by atoms with Crippen LogP contribution < -0.4 is 0 Å². The number of likely N-dealkylation sites (tertiary alicyclic amines) is 1. The van der Waals surface area contributed by atoms with Crippen LogP contribution in [0.2, 0.25) is 6.32 Å². The normalized spacial score (nSPS) is 25.9. The lowest BCUT2D eigenvalue weighted by Crippen LogP contribution is -2.34. The second-order valence-corrected chi connectivity index (χ2v) is 5.67. The summed E-state index contributed by atoms with van der Waals surface area (Å²) in [4.78, 5) is 5.22. The van der Waals surface area contributed by atoms with E-state index in [1.807, 2.05) is 0 Å². The zero-order chi connectivity index (χ0) is 12.7. The minimum absolute atomic E-state index is 0.915. The molecule has 0 N–H and O–H groups in total. The van der Waals surface area contributed by atoms with Gasteiger partial charge in [0.2, 0.25) is 0 Å². The lowest BCUT2D eigenvalue weighted by Gasteiger charge is -2.22. The van der Waals surface area contributed by atoms with E-state index in [9.17, 15) is 0 Å². The van der Waals surface area contributed by atoms with Gasteiger partial charge in [-0.1, -0.05) is 33.5 Å². The van der Waals surface area contributed by atoms with Gasteiger partial charge in [0.05, 0.1) is 0 Å². The highest BCUT2D eigenvalue weighted by Crippen LogP contribution is 2.27. The third-order valence-electron chi connectivity index (χ3n) is 4.40. The molecule has 2 nitrogen and oxygen atoms in total. The van der Waals surface area contributed by atoms with Crippen molar-refractivity contribution in [2.45, 2.75) is 39.9 Å². The summed E-state index contributed by atoms with van der Waals surface area (Å²) in [5.74, 6) is 1.88. The molecular weight excluding hydrogens is 207 g/mol. The monoisotopic (exact) mass is 238 g/mol. The topological polar surface area (TPSA) is 6.48 Å². The van der Waals surface area contributed by atoms with E-state index in [0.717, 1.165) is 11.8 Å². The van der Waals surface area contributed by atoms with E-state index in [1.54, 1.807) is 0 Å². The van der Waals surface area contributed by atoms with Crippen molar-refractivity contribution in [2.75, 3.05) is 39.3 Å². The largest absolute Gasteiger partial charge is 0.303 e. The van der Waals surface area contributed by atoms with Crippen molar-refractivity contribution >= 4 is 7.85 Å². The SMILES string of the molecule is BCCC[C@H]1CN(CCN(CC)CC)C[C@H]1C. The minimum atomic E-state index is 0.915. The highest BCUT2D eigenvalue weighted by molar-refractivity contribution is 6.08. The highest BCUT2D eigenvalue weighted by atomic mass is 15.2. The van der Waals surface area contributed by atoms with Crippen molar-refractivity contribution < 1.29 is 0 Å². The Balaban J connectivity index is 2.23. The van der Waals surface area contributed by atoms with E-state index < -0.39 is 0 Å². The van der Waals surface area contributed by atoms with E-state index >= 15 is 0 Å². The fourth-order valence-electron chi connectivity index (χ4n) is 2.99. The molecule has 0 aromatic carbocycles. The predicted octanol–water partition coefficient (Wildman–Crippen LogP) is 1.73. The Morgan fingerprint density at radius 3 is 2.53 bits per heavy atom. The Morgan fingerprint density at radius 1 is 1.24 bits per heavy atom. The third-order valence-corrected chi connectivity index (χ3v) is 4.40. The van der Waals surface area contributed by atoms with E-state index in [2.05, 4.69) is 38.4 Å². The Bertz CT molecular complexity index is 195. The highest BCUT2D eigenvalue weighted by Gasteiger charge is 2.28. The standard InChI is InChI=1S/C14H31BN2/c1-4-16(5-2)9-10-17-11-13(3)14(12-17)7-6-8-15/h13-14H,4-12,15H2,1-3H3/t13-,14+/m1/s1. The van der Waals surface area contributed by atoms with Crippen LogP contribution in [0, 0.1) is 11.8 Å². The summed E-state index contributed by atoms with van der Waals surface area (Å²) in [6.45, 7) is 14.6. The van der Waals surface area contributed by atoms with E-state index in [0.29, 0.717) is 0 Å². The summed E-state index contributed by atoms with van der Waals surface area (Å²) in [5.41, 5.74) is 0. The summed E-state index contributed by atoms with van der Waals surface area (Å²) in [6.07, 6.45) is 4.21. The first-order valence-electron chi connectivity index (χ1n) is 7.65. The number of nitrogens with zero attached hydrogens (tertiary/aromatic N) is 2. The molecule has 100 valence electrons. The van der Waals surface area contributed by atoms with E-state index in [4.69, 9.17) is 0 Å². The maximum atomic E-state index is 2.68. The van der Waals surface area contributed by atoms with Crippen molar-refractivity contribution in [3.8, 4) is 0 Å². The number of rotatable bonds is 8. The predicted molar refractivity (Wildman–Crippen MR) is 79.5 cm³/mol. The lowest BCUT2D eigenvalue weighted by atomic mass is 9.89. The number of hydrogen-bond donors (Lipinski definition) is 0. The first kappa shape index (κ1) is 15.0. The Labute approximate surface area is 109 Å². The molecule has 0 radical (unpaired) electrons. The Hall–Kier alpha value is -0.0151. The Morgan fingerprint density at radius 2 is 1.94 bits per heavy atom. The number of likely N-dealkylation sites (N-methyl/N-ethyl adjacent to an activating group) is 1. The molecule has 0 spiro atoms. The fraction of sp³-hybridized carbons (Fsp3) is 1.00. The van der Waals surface area contributed by atoms with Crippen LogP contribution in [0.25, 0.3) is 0 Å². The van der Waals surface area contributed by atoms with Gasteiger partial charge in [0.25, 0.3) is 0 Å². The number of hydrogen-bond acceptors (Lipinski definition) is 2. The van der Waals surface area contributed by atoms with Crippen LogP contribution in [0.15, 0.2) is 0 Å². The maximum Gasteiger partial charge on any atom is 0.101 e. The van der Waals surface area contributed by atoms with Gasteiger partial charge in [0.15, 0.2) is 0 Å². The molecule has 0 aromatic heterocycles. The second-order valence-electron chi connectivity index (χ2n) is 5.67. The van der Waals surface area contributed by atoms with Gasteiger partial charge >= 0.3 is 0 Å². The van der Waals surface area contributed by atoms with Gasteiger partial charge in [-0.3, -0.25) is 0 Å². The minimum Gasteiger partial charge on any atom is -0.303 e. The molecule has 17 heavy (non-hydrogen) atoms. The molecule has 0 aliphatic carbocycles. The molecule has 0 unspecified atom stereocenters. The van der Waals surface area contributed by atoms with Crippen LogP contribution >= 0.6 is 0 Å². The first-order valence-corrected chi connectivity index (χ1v) is 7.65. The molecule has 1 aliphatic rings. The van der Waals surface area contributed by atoms with Gasteiger partial charge in [0, 0.05) is 26.2 Å². The molecule has 0 bridgehead atoms. The smallest absolute Gasteiger partial charge is 0.101 e. The van der Waals surface area contributed by atoms with Crippen LogP contribution in [-0.4, -0.2) is 56.9 Å². The molecule has 1 rings (SSSR count). The van der Waals surface area contributed by atoms with Crippen molar-refractivity contribution in [3.05, 3.63) is 0 Å². The van der Waals surface area contributed by atoms with Gasteiger partial charge < -0.3 is 9.80 Å². The summed E-state index contributed by atoms with van der Waals surface area (Å²) in [6, 6.07) is 0. The van der Waals surface area contributed by atoms with Crippen LogP contribution in [0.3, 0.4) is 0 Å². The molecule has 0 aromatic rings. The molecular formula is C14H31BN2. The van der Waals surface area contributed by atoms with Gasteiger partial charge in [-0.25, -0.2) is 0 Å². The zero-order valence-corrected chi connectivity index (χ0v) is 12.4. The van der Waals surface area contributed by atoms with Crippen molar-refractivity contribution in [1.29, 1.82) is 0 Å². The van der Waals surface area contributed by atoms with Gasteiger partial charge in [0.1, 0.15) is 7.85 Å². The molecule has 1 fully saturated rings. The van der Waals surface area contributed by atoms with Crippen molar-refractivity contribution in [2.24, 2.45) is 11.8 Å². The van der Waals surface area contributed by atoms with Gasteiger partial charge in [-0.15, -0.1) is 0 Å². The molecule has 3 heteroatoms.